The van der Waals surface area contributed by atoms with Gasteiger partial charge in [0.05, 0.1) is 32.4 Å². The maximum atomic E-state index is 14.0. The number of rotatable bonds is 5. The van der Waals surface area contributed by atoms with Gasteiger partial charge in [0.15, 0.2) is 23.1 Å². The van der Waals surface area contributed by atoms with Gasteiger partial charge in [0, 0.05) is 63.0 Å². The van der Waals surface area contributed by atoms with Gasteiger partial charge in [0.1, 0.15) is 11.7 Å². The molecule has 1 saturated heterocycles. The summed E-state index contributed by atoms with van der Waals surface area (Å²) in [6.07, 6.45) is 0.182. The van der Waals surface area contributed by atoms with Gasteiger partial charge >= 0.3 is 0 Å². The number of likely N-dealkylation sites (N-methyl/N-ethyl adjacent to an activating group) is 1. The fourth-order valence-electron chi connectivity index (χ4n) is 8.29. The third-order valence-electron chi connectivity index (χ3n) is 10.4. The number of para-hydroxylation sites is 1. The second kappa shape index (κ2) is 11.0. The maximum Gasteiger partial charge on any atom is 0.267 e. The van der Waals surface area contributed by atoms with Crippen molar-refractivity contribution in [3.63, 3.8) is 0 Å². The Hall–Kier alpha value is -5.12. The first-order chi connectivity index (χ1) is 22.5. The normalized spacial score (nSPS) is 28.0. The van der Waals surface area contributed by atoms with Crippen molar-refractivity contribution in [2.24, 2.45) is 0 Å². The maximum absolute atomic E-state index is 14.0. The van der Waals surface area contributed by atoms with E-state index in [4.69, 9.17) is 9.47 Å². The van der Waals surface area contributed by atoms with Crippen LogP contribution in [0, 0.1) is 11.3 Å². The highest BCUT2D eigenvalue weighted by Crippen LogP contribution is 2.49. The largest absolute Gasteiger partial charge is 0.492 e. The Kier molecular flexibility index (Phi) is 7.15. The molecule has 0 saturated carbocycles. The minimum Gasteiger partial charge on any atom is -0.492 e. The van der Waals surface area contributed by atoms with Crippen molar-refractivity contribution in [3.8, 4) is 6.07 Å². The van der Waals surface area contributed by atoms with Gasteiger partial charge in [0.25, 0.3) is 5.91 Å². The molecule has 7 rings (SSSR count). The topological polar surface area (TPSA) is 162 Å². The molecule has 2 aromatic rings. The Morgan fingerprint density at radius 2 is 1.53 bits per heavy atom. The molecule has 2 aliphatic carbocycles. The number of nitrogens with one attached hydrogen (secondary N) is 2. The Morgan fingerprint density at radius 1 is 0.936 bits per heavy atom. The zero-order valence-corrected chi connectivity index (χ0v) is 26.6. The number of carbonyl (C=O) groups excluding carboxylic acids is 5. The number of nitriles is 1. The number of carbonyl (C=O) groups is 5. The number of ketones is 4. The summed E-state index contributed by atoms with van der Waals surface area (Å²) in [5, 5.41) is 14.5. The predicted molar refractivity (Wildman–Crippen MR) is 168 cm³/mol. The lowest BCUT2D eigenvalue weighted by molar-refractivity contribution is -0.125. The Labute approximate surface area is 270 Å². The number of allylic oxidation sites excluding steroid dienone is 4. The van der Waals surface area contributed by atoms with E-state index in [-0.39, 0.29) is 70.3 Å². The molecule has 0 unspecified atom stereocenters. The summed E-state index contributed by atoms with van der Waals surface area (Å²) in [5.41, 5.74) is 2.54. The third kappa shape index (κ3) is 4.23. The summed E-state index contributed by atoms with van der Waals surface area (Å²) >= 11 is 0. The summed E-state index contributed by atoms with van der Waals surface area (Å²) in [7, 11) is 4.49. The molecule has 5 aliphatic rings. The molecule has 2 N–H and O–H groups in total. The van der Waals surface area contributed by atoms with Crippen LogP contribution in [0.4, 0.5) is 0 Å². The van der Waals surface area contributed by atoms with Gasteiger partial charge in [-0.1, -0.05) is 18.2 Å². The van der Waals surface area contributed by atoms with Crippen LogP contribution in [-0.4, -0.2) is 102 Å². The van der Waals surface area contributed by atoms with Crippen molar-refractivity contribution < 1.29 is 33.4 Å². The van der Waals surface area contributed by atoms with Crippen molar-refractivity contribution in [2.75, 3.05) is 27.8 Å². The van der Waals surface area contributed by atoms with Crippen molar-refractivity contribution >= 4 is 39.9 Å². The van der Waals surface area contributed by atoms with Crippen LogP contribution in [0.2, 0.25) is 0 Å². The van der Waals surface area contributed by atoms with Gasteiger partial charge in [-0.15, -0.1) is 0 Å². The minimum absolute atomic E-state index is 0.0279. The Balaban J connectivity index is 1.35. The molecule has 1 aromatic carbocycles. The van der Waals surface area contributed by atoms with Crippen LogP contribution in [0.25, 0.3) is 10.9 Å². The monoisotopic (exact) mass is 635 g/mol. The number of benzene rings is 1. The highest BCUT2D eigenvalue weighted by atomic mass is 16.5. The number of methoxy groups -OCH3 is 2. The van der Waals surface area contributed by atoms with Crippen molar-refractivity contribution in [1.82, 2.24) is 20.1 Å². The van der Waals surface area contributed by atoms with Crippen LogP contribution < -0.4 is 5.32 Å². The van der Waals surface area contributed by atoms with E-state index >= 15 is 0 Å². The lowest BCUT2D eigenvalue weighted by Crippen LogP contribution is -2.74. The average Bonchev–Trinajstić information content (AvgIpc) is 3.50. The molecule has 0 radical (unpaired) electrons. The molecule has 1 aromatic heterocycles. The molecule has 3 aliphatic heterocycles. The number of ether oxygens (including phenoxy) is 2. The SMILES string of the molecule is COC1=C(C)C(=O)C2=C(C1=O)[C@@H]1[C@@H]3CC4=C(C(=O)C(OC)=C(C)C4=O)[C@H](CNC(=O)c4cc5ccccc5[nH]4)N3[C@@H](C#N)[C@H](C2)N1C. The number of Topliss-reactive ketones (excluding diaryl/α,β-unsaturated/α-hetero) is 4. The number of aromatic nitrogens is 1. The summed E-state index contributed by atoms with van der Waals surface area (Å²) in [4.78, 5) is 75.9. The van der Waals surface area contributed by atoms with Crippen molar-refractivity contribution in [1.29, 1.82) is 5.26 Å². The molecular weight excluding hydrogens is 602 g/mol. The first-order valence-electron chi connectivity index (χ1n) is 15.4. The Bertz CT molecular complexity index is 1970. The number of fused-ring (bicyclic) bond motifs is 6. The second-order valence-electron chi connectivity index (χ2n) is 12.6. The lowest BCUT2D eigenvalue weighted by Gasteiger charge is -2.60. The van der Waals surface area contributed by atoms with Crippen molar-refractivity contribution in [2.45, 2.75) is 56.9 Å². The van der Waals surface area contributed by atoms with E-state index in [0.29, 0.717) is 11.3 Å². The molecular formula is C35H33N5O7. The van der Waals surface area contributed by atoms with E-state index in [2.05, 4.69) is 16.4 Å². The van der Waals surface area contributed by atoms with Gasteiger partial charge in [-0.3, -0.25) is 33.8 Å². The van der Waals surface area contributed by atoms with Crippen LogP contribution >= 0.6 is 0 Å². The van der Waals surface area contributed by atoms with E-state index < -0.39 is 47.7 Å². The van der Waals surface area contributed by atoms with Crippen LogP contribution in [0.1, 0.15) is 37.2 Å². The molecule has 12 nitrogen and oxygen atoms in total. The number of nitrogens with zero attached hydrogens (tertiary/aromatic N) is 3. The zero-order valence-electron chi connectivity index (χ0n) is 26.6. The predicted octanol–water partition coefficient (Wildman–Crippen LogP) is 2.06. The first kappa shape index (κ1) is 30.5. The summed E-state index contributed by atoms with van der Waals surface area (Å²) in [6, 6.07) is 7.96. The van der Waals surface area contributed by atoms with Gasteiger partial charge in [-0.05, 0) is 45.9 Å². The molecule has 12 heteroatoms. The quantitative estimate of drug-likeness (QED) is 0.465. The number of amides is 1. The van der Waals surface area contributed by atoms with Crippen LogP contribution in [0.15, 0.2) is 75.3 Å². The molecule has 47 heavy (non-hydrogen) atoms. The van der Waals surface area contributed by atoms with E-state index in [0.717, 1.165) is 10.9 Å². The first-order valence-corrected chi connectivity index (χ1v) is 15.4. The summed E-state index contributed by atoms with van der Waals surface area (Å²) < 4.78 is 10.8. The third-order valence-corrected chi connectivity index (χ3v) is 10.4. The van der Waals surface area contributed by atoms with E-state index in [1.807, 2.05) is 41.1 Å². The van der Waals surface area contributed by atoms with Gasteiger partial charge in [0.2, 0.25) is 11.6 Å². The van der Waals surface area contributed by atoms with Gasteiger partial charge in [-0.2, -0.15) is 5.26 Å². The van der Waals surface area contributed by atoms with Crippen molar-refractivity contribution in [3.05, 3.63) is 81.0 Å². The fourth-order valence-corrected chi connectivity index (χ4v) is 8.29. The van der Waals surface area contributed by atoms with Crippen LogP contribution in [-0.2, 0) is 28.7 Å². The van der Waals surface area contributed by atoms with Gasteiger partial charge < -0.3 is 19.8 Å². The molecule has 1 amide bonds. The lowest BCUT2D eigenvalue weighted by atomic mass is 9.67. The zero-order chi connectivity index (χ0) is 33.5. The fraction of sp³-hybridized carbons (Fsp3) is 0.371. The highest BCUT2D eigenvalue weighted by molar-refractivity contribution is 6.26. The number of hydrogen-bond donors (Lipinski definition) is 2. The standard InChI is InChI=1S/C35H33N5O7/c1-15-29(41)18-12-23-28-27-19(30(42)16(2)34(47-5)32(27)44)11-22(39(28)3)24(13-36)40(23)25(26(18)31(43)33(15)46-4)14-37-35(45)21-10-17-8-6-7-9-20(17)38-21/h6-10,22-25,28,38H,11-12,14H2,1-5H3,(H,37,45)/t22-,23-,24-,25-,28-/m0/s1. The average molecular weight is 636 g/mol. The number of hydrogen-bond acceptors (Lipinski definition) is 10. The van der Waals surface area contributed by atoms with E-state index in [1.54, 1.807) is 13.0 Å². The minimum atomic E-state index is -0.911. The number of H-pyrrole nitrogens is 1. The van der Waals surface area contributed by atoms with E-state index in [9.17, 15) is 29.2 Å². The molecule has 5 atom stereocenters. The molecule has 4 heterocycles. The number of aromatic amines is 1. The van der Waals surface area contributed by atoms with E-state index in [1.165, 1.54) is 21.1 Å². The second-order valence-corrected chi connectivity index (χ2v) is 12.6. The highest BCUT2D eigenvalue weighted by Gasteiger charge is 2.59. The van der Waals surface area contributed by atoms with Gasteiger partial charge in [-0.25, -0.2) is 0 Å². The van der Waals surface area contributed by atoms with Crippen LogP contribution in [0.5, 0.6) is 0 Å². The van der Waals surface area contributed by atoms with Crippen LogP contribution in [0.3, 0.4) is 0 Å². The molecule has 1 fully saturated rings. The summed E-state index contributed by atoms with van der Waals surface area (Å²) in [5.74, 6) is -2.08. The molecule has 2 bridgehead atoms. The Morgan fingerprint density at radius 3 is 2.15 bits per heavy atom. The number of piperazine rings is 1. The smallest absolute Gasteiger partial charge is 0.267 e. The molecule has 240 valence electrons. The summed E-state index contributed by atoms with van der Waals surface area (Å²) in [6.45, 7) is 2.98. The molecule has 0 spiro atoms.